The zero-order chi connectivity index (χ0) is 15.2. The highest BCUT2D eigenvalue weighted by Gasteiger charge is 2.23. The number of sulfonamides is 1. The molecule has 0 heterocycles. The molecule has 0 bridgehead atoms. The van der Waals surface area contributed by atoms with Gasteiger partial charge in [0.25, 0.3) is 0 Å². The van der Waals surface area contributed by atoms with Crippen LogP contribution in [0.2, 0.25) is 5.02 Å². The first-order chi connectivity index (χ1) is 9.47. The molecule has 0 amide bonds. The number of rotatable bonds is 8. The van der Waals surface area contributed by atoms with Gasteiger partial charge in [-0.2, -0.15) is 4.31 Å². The number of ether oxygens (including phenoxy) is 1. The minimum atomic E-state index is -3.67. The maximum Gasteiger partial charge on any atom is 0.243 e. The van der Waals surface area contributed by atoms with E-state index in [0.29, 0.717) is 10.6 Å². The normalized spacial score (nSPS) is 11.8. The van der Waals surface area contributed by atoms with Gasteiger partial charge in [0.1, 0.15) is 0 Å². The molecule has 0 fully saturated rings. The van der Waals surface area contributed by atoms with Gasteiger partial charge in [0.05, 0.1) is 18.1 Å². The first-order valence-corrected chi connectivity index (χ1v) is 7.78. The van der Waals surface area contributed by atoms with Crippen LogP contribution in [-0.2, 0) is 21.4 Å². The Morgan fingerprint density at radius 1 is 1.50 bits per heavy atom. The van der Waals surface area contributed by atoms with E-state index in [1.807, 2.05) is 0 Å². The van der Waals surface area contributed by atoms with E-state index in [1.165, 1.54) is 35.7 Å². The lowest BCUT2D eigenvalue weighted by Gasteiger charge is -2.20. The Bertz CT molecular complexity index is 559. The summed E-state index contributed by atoms with van der Waals surface area (Å²) in [6.45, 7) is 3.93. The van der Waals surface area contributed by atoms with Crippen molar-refractivity contribution in [3.63, 3.8) is 0 Å². The fraction of sp³-hybridized carbons (Fsp3) is 0.385. The van der Waals surface area contributed by atoms with Crippen molar-refractivity contribution in [2.75, 3.05) is 26.8 Å². The van der Waals surface area contributed by atoms with Crippen LogP contribution in [0.4, 0.5) is 0 Å². The molecule has 1 aromatic carbocycles. The van der Waals surface area contributed by atoms with Crippen LogP contribution in [0, 0.1) is 0 Å². The Kier molecular flexibility index (Phi) is 6.64. The maximum atomic E-state index is 12.5. The van der Waals surface area contributed by atoms with E-state index in [-0.39, 0.29) is 31.2 Å². The van der Waals surface area contributed by atoms with Crippen molar-refractivity contribution in [3.8, 4) is 0 Å². The molecule has 0 unspecified atom stereocenters. The highest BCUT2D eigenvalue weighted by Crippen LogP contribution is 2.23. The molecule has 0 atom stereocenters. The standard InChI is InChI=1S/C13H18ClNO4S/c1-3-6-15(7-8-19-2)20(17,18)12-4-5-13(14)11(9-12)10-16/h3-5,9,16H,1,6-8,10H2,2H3. The second kappa shape index (κ2) is 7.75. The smallest absolute Gasteiger partial charge is 0.243 e. The molecular formula is C13H18ClNO4S. The summed E-state index contributed by atoms with van der Waals surface area (Å²) >= 11 is 5.87. The second-order valence-electron chi connectivity index (χ2n) is 4.06. The van der Waals surface area contributed by atoms with Crippen LogP contribution >= 0.6 is 11.6 Å². The van der Waals surface area contributed by atoms with Gasteiger partial charge in [0.2, 0.25) is 10.0 Å². The molecule has 1 N–H and O–H groups in total. The molecule has 0 saturated carbocycles. The highest BCUT2D eigenvalue weighted by atomic mass is 35.5. The molecule has 20 heavy (non-hydrogen) atoms. The van der Waals surface area contributed by atoms with Gasteiger partial charge in [0.15, 0.2) is 0 Å². The van der Waals surface area contributed by atoms with Gasteiger partial charge in [-0.1, -0.05) is 17.7 Å². The third-order valence-corrected chi connectivity index (χ3v) is 4.93. The Balaban J connectivity index is 3.14. The first-order valence-electron chi connectivity index (χ1n) is 5.96. The average molecular weight is 320 g/mol. The topological polar surface area (TPSA) is 66.8 Å². The van der Waals surface area contributed by atoms with E-state index in [4.69, 9.17) is 21.4 Å². The lowest BCUT2D eigenvalue weighted by Crippen LogP contribution is -2.34. The van der Waals surface area contributed by atoms with E-state index in [9.17, 15) is 8.42 Å². The average Bonchev–Trinajstić information content (AvgIpc) is 2.43. The fourth-order valence-electron chi connectivity index (χ4n) is 1.63. The maximum absolute atomic E-state index is 12.5. The van der Waals surface area contributed by atoms with Crippen LogP contribution in [0.15, 0.2) is 35.7 Å². The van der Waals surface area contributed by atoms with E-state index in [2.05, 4.69) is 6.58 Å². The predicted octanol–water partition coefficient (Wildman–Crippen LogP) is 1.66. The third-order valence-electron chi connectivity index (χ3n) is 2.70. The van der Waals surface area contributed by atoms with Crippen LogP contribution < -0.4 is 0 Å². The van der Waals surface area contributed by atoms with E-state index < -0.39 is 10.0 Å². The van der Waals surface area contributed by atoms with Crippen molar-refractivity contribution in [1.29, 1.82) is 0 Å². The number of hydrogen-bond donors (Lipinski definition) is 1. The molecule has 0 aliphatic heterocycles. The van der Waals surface area contributed by atoms with Crippen LogP contribution in [0.1, 0.15) is 5.56 Å². The van der Waals surface area contributed by atoms with Crippen molar-refractivity contribution in [2.24, 2.45) is 0 Å². The molecule has 0 saturated heterocycles. The third kappa shape index (κ3) is 4.04. The lowest BCUT2D eigenvalue weighted by atomic mass is 10.2. The van der Waals surface area contributed by atoms with Gasteiger partial charge in [-0.25, -0.2) is 8.42 Å². The molecule has 0 spiro atoms. The van der Waals surface area contributed by atoms with E-state index >= 15 is 0 Å². The summed E-state index contributed by atoms with van der Waals surface area (Å²) in [5, 5.41) is 9.50. The number of methoxy groups -OCH3 is 1. The molecule has 0 aliphatic carbocycles. The van der Waals surface area contributed by atoms with Crippen molar-refractivity contribution < 1.29 is 18.3 Å². The van der Waals surface area contributed by atoms with Crippen LogP contribution in [0.3, 0.4) is 0 Å². The number of benzene rings is 1. The predicted molar refractivity (Wildman–Crippen MR) is 78.2 cm³/mol. The summed E-state index contributed by atoms with van der Waals surface area (Å²) < 4.78 is 31.2. The molecule has 0 aromatic heterocycles. The summed E-state index contributed by atoms with van der Waals surface area (Å²) in [4.78, 5) is 0.0869. The van der Waals surface area contributed by atoms with Crippen molar-refractivity contribution in [3.05, 3.63) is 41.4 Å². The van der Waals surface area contributed by atoms with Crippen LogP contribution in [0.5, 0.6) is 0 Å². The van der Waals surface area contributed by atoms with Crippen molar-refractivity contribution in [1.82, 2.24) is 4.31 Å². The van der Waals surface area contributed by atoms with Gasteiger partial charge >= 0.3 is 0 Å². The zero-order valence-corrected chi connectivity index (χ0v) is 12.8. The van der Waals surface area contributed by atoms with E-state index in [0.717, 1.165) is 0 Å². The number of nitrogens with zero attached hydrogens (tertiary/aromatic N) is 1. The summed E-state index contributed by atoms with van der Waals surface area (Å²) in [6, 6.07) is 4.25. The van der Waals surface area contributed by atoms with E-state index in [1.54, 1.807) is 0 Å². The summed E-state index contributed by atoms with van der Waals surface area (Å²) in [5.74, 6) is 0. The van der Waals surface area contributed by atoms with Gasteiger partial charge in [-0.05, 0) is 23.8 Å². The summed E-state index contributed by atoms with van der Waals surface area (Å²) in [6.07, 6.45) is 1.51. The Morgan fingerprint density at radius 2 is 2.20 bits per heavy atom. The van der Waals surface area contributed by atoms with Gasteiger partial charge < -0.3 is 9.84 Å². The molecule has 7 heteroatoms. The molecule has 0 aliphatic rings. The molecule has 1 rings (SSSR count). The van der Waals surface area contributed by atoms with Gasteiger partial charge in [-0.15, -0.1) is 6.58 Å². The largest absolute Gasteiger partial charge is 0.392 e. The molecule has 112 valence electrons. The highest BCUT2D eigenvalue weighted by molar-refractivity contribution is 7.89. The molecule has 0 radical (unpaired) electrons. The number of halogens is 1. The Labute approximate surface area is 124 Å². The number of aliphatic hydroxyl groups is 1. The molecule has 5 nitrogen and oxygen atoms in total. The lowest BCUT2D eigenvalue weighted by molar-refractivity contribution is 0.182. The van der Waals surface area contributed by atoms with Crippen LogP contribution in [-0.4, -0.2) is 44.6 Å². The minimum absolute atomic E-state index is 0.0869. The van der Waals surface area contributed by atoms with Crippen LogP contribution in [0.25, 0.3) is 0 Å². The summed E-state index contributed by atoms with van der Waals surface area (Å²) in [7, 11) is -2.17. The monoisotopic (exact) mass is 319 g/mol. The minimum Gasteiger partial charge on any atom is -0.392 e. The van der Waals surface area contributed by atoms with Gasteiger partial charge in [0, 0.05) is 25.2 Å². The SMILES string of the molecule is C=CCN(CCOC)S(=O)(=O)c1ccc(Cl)c(CO)c1. The first kappa shape index (κ1) is 17.1. The fourth-order valence-corrected chi connectivity index (χ4v) is 3.25. The second-order valence-corrected chi connectivity index (χ2v) is 6.40. The Hall–Kier alpha value is -0.920. The number of hydrogen-bond acceptors (Lipinski definition) is 4. The number of aliphatic hydroxyl groups excluding tert-OH is 1. The Morgan fingerprint density at radius 3 is 2.75 bits per heavy atom. The zero-order valence-electron chi connectivity index (χ0n) is 11.3. The molecule has 1 aromatic rings. The molecular weight excluding hydrogens is 302 g/mol. The quantitative estimate of drug-likeness (QED) is 0.740. The van der Waals surface area contributed by atoms with Gasteiger partial charge in [-0.3, -0.25) is 0 Å². The van der Waals surface area contributed by atoms with Crippen molar-refractivity contribution in [2.45, 2.75) is 11.5 Å². The summed E-state index contributed by atoms with van der Waals surface area (Å²) in [5.41, 5.74) is 0.373. The van der Waals surface area contributed by atoms with Crippen molar-refractivity contribution >= 4 is 21.6 Å².